The van der Waals surface area contributed by atoms with Gasteiger partial charge in [0, 0.05) is 6.04 Å². The third-order valence-corrected chi connectivity index (χ3v) is 3.57. The van der Waals surface area contributed by atoms with Crippen molar-refractivity contribution in [3.05, 3.63) is 0 Å². The van der Waals surface area contributed by atoms with Gasteiger partial charge in [-0.05, 0) is 25.8 Å². The lowest BCUT2D eigenvalue weighted by Crippen LogP contribution is -2.29. The lowest BCUT2D eigenvalue weighted by Gasteiger charge is -2.15. The maximum Gasteiger partial charge on any atom is 0.00670 e. The summed E-state index contributed by atoms with van der Waals surface area (Å²) in [6, 6.07) is 0.846. The van der Waals surface area contributed by atoms with Crippen molar-refractivity contribution < 1.29 is 0 Å². The molecule has 1 fully saturated rings. The smallest absolute Gasteiger partial charge is 0.00670 e. The summed E-state index contributed by atoms with van der Waals surface area (Å²) >= 11 is 0. The number of rotatable bonds is 7. The van der Waals surface area contributed by atoms with Gasteiger partial charge in [0.2, 0.25) is 0 Å². The highest BCUT2D eigenvalue weighted by atomic mass is 14.9. The second-order valence-corrected chi connectivity index (χ2v) is 5.06. The van der Waals surface area contributed by atoms with Crippen LogP contribution in [0.2, 0.25) is 0 Å². The highest BCUT2D eigenvalue weighted by Crippen LogP contribution is 2.17. The third kappa shape index (κ3) is 6.94. The van der Waals surface area contributed by atoms with Crippen LogP contribution in [0.15, 0.2) is 0 Å². The van der Waals surface area contributed by atoms with Gasteiger partial charge in [0.05, 0.1) is 0 Å². The van der Waals surface area contributed by atoms with Crippen LogP contribution in [0.5, 0.6) is 0 Å². The van der Waals surface area contributed by atoms with Gasteiger partial charge < -0.3 is 5.32 Å². The van der Waals surface area contributed by atoms with E-state index in [0.717, 1.165) is 6.04 Å². The van der Waals surface area contributed by atoms with E-state index in [-0.39, 0.29) is 0 Å². The largest absolute Gasteiger partial charge is 0.314 e. The fourth-order valence-electron chi connectivity index (χ4n) is 2.52. The minimum atomic E-state index is 0.846. The van der Waals surface area contributed by atoms with Crippen molar-refractivity contribution >= 4 is 0 Å². The molecule has 0 atom stereocenters. The molecule has 1 aliphatic rings. The zero-order valence-electron chi connectivity index (χ0n) is 10.6. The second-order valence-electron chi connectivity index (χ2n) is 5.06. The van der Waals surface area contributed by atoms with E-state index < -0.39 is 0 Å². The Morgan fingerprint density at radius 2 is 1.53 bits per heavy atom. The molecule has 0 saturated heterocycles. The standard InChI is InChI=1S/C14H29N/c1-2-3-4-7-10-13-15-14-11-8-5-6-9-12-14/h14-15H,2-13H2,1H3. The molecular weight excluding hydrogens is 182 g/mol. The van der Waals surface area contributed by atoms with Crippen LogP contribution in [0.3, 0.4) is 0 Å². The van der Waals surface area contributed by atoms with Crippen LogP contribution in [0.25, 0.3) is 0 Å². The predicted molar refractivity (Wildman–Crippen MR) is 68.3 cm³/mol. The first kappa shape index (κ1) is 13.0. The molecule has 0 aliphatic heterocycles. The molecular formula is C14H29N. The number of hydrogen-bond acceptors (Lipinski definition) is 1. The minimum absolute atomic E-state index is 0.846. The lowest BCUT2D eigenvalue weighted by molar-refractivity contribution is 0.448. The predicted octanol–water partition coefficient (Wildman–Crippen LogP) is 4.27. The van der Waals surface area contributed by atoms with E-state index in [0.29, 0.717) is 0 Å². The van der Waals surface area contributed by atoms with E-state index in [1.165, 1.54) is 77.2 Å². The van der Waals surface area contributed by atoms with Gasteiger partial charge in [0.15, 0.2) is 0 Å². The monoisotopic (exact) mass is 211 g/mol. The zero-order valence-corrected chi connectivity index (χ0v) is 10.6. The van der Waals surface area contributed by atoms with Crippen molar-refractivity contribution in [2.24, 2.45) is 0 Å². The first-order valence-corrected chi connectivity index (χ1v) is 7.17. The fourth-order valence-corrected chi connectivity index (χ4v) is 2.52. The molecule has 0 amide bonds. The van der Waals surface area contributed by atoms with Crippen LogP contribution in [-0.2, 0) is 0 Å². The van der Waals surface area contributed by atoms with Crippen LogP contribution < -0.4 is 5.32 Å². The highest BCUT2D eigenvalue weighted by Gasteiger charge is 2.10. The van der Waals surface area contributed by atoms with Gasteiger partial charge in [-0.2, -0.15) is 0 Å². The summed E-state index contributed by atoms with van der Waals surface area (Å²) in [5, 5.41) is 3.74. The van der Waals surface area contributed by atoms with Crippen molar-refractivity contribution in [3.63, 3.8) is 0 Å². The zero-order chi connectivity index (χ0) is 10.8. The Morgan fingerprint density at radius 3 is 2.20 bits per heavy atom. The van der Waals surface area contributed by atoms with Crippen molar-refractivity contribution in [1.82, 2.24) is 5.32 Å². The molecule has 0 aromatic rings. The molecule has 1 saturated carbocycles. The number of hydrogen-bond donors (Lipinski definition) is 1. The molecule has 0 aromatic carbocycles. The van der Waals surface area contributed by atoms with Crippen molar-refractivity contribution in [2.45, 2.75) is 83.6 Å². The Labute approximate surface area is 96.0 Å². The Kier molecular flexibility index (Phi) is 7.99. The molecule has 1 heteroatoms. The minimum Gasteiger partial charge on any atom is -0.314 e. The molecule has 0 aromatic heterocycles. The van der Waals surface area contributed by atoms with Gasteiger partial charge in [-0.3, -0.25) is 0 Å². The summed E-state index contributed by atoms with van der Waals surface area (Å²) in [4.78, 5) is 0. The molecule has 1 nitrogen and oxygen atoms in total. The first-order chi connectivity index (χ1) is 7.43. The first-order valence-electron chi connectivity index (χ1n) is 7.17. The molecule has 15 heavy (non-hydrogen) atoms. The molecule has 0 spiro atoms. The van der Waals surface area contributed by atoms with Gasteiger partial charge in [0.1, 0.15) is 0 Å². The molecule has 0 bridgehead atoms. The van der Waals surface area contributed by atoms with Crippen molar-refractivity contribution in [3.8, 4) is 0 Å². The Balaban J connectivity index is 1.89. The van der Waals surface area contributed by atoms with E-state index in [2.05, 4.69) is 12.2 Å². The summed E-state index contributed by atoms with van der Waals surface area (Å²) < 4.78 is 0. The van der Waals surface area contributed by atoms with E-state index in [9.17, 15) is 0 Å². The summed E-state index contributed by atoms with van der Waals surface area (Å²) in [5.41, 5.74) is 0. The molecule has 1 rings (SSSR count). The summed E-state index contributed by atoms with van der Waals surface area (Å²) in [6.07, 6.45) is 15.7. The van der Waals surface area contributed by atoms with Gasteiger partial charge in [0.25, 0.3) is 0 Å². The summed E-state index contributed by atoms with van der Waals surface area (Å²) in [5.74, 6) is 0. The fraction of sp³-hybridized carbons (Fsp3) is 1.00. The average Bonchev–Trinajstić information content (AvgIpc) is 2.52. The second kappa shape index (κ2) is 9.21. The van der Waals surface area contributed by atoms with Crippen LogP contribution in [0, 0.1) is 0 Å². The quantitative estimate of drug-likeness (QED) is 0.490. The number of nitrogens with one attached hydrogen (secondary N) is 1. The average molecular weight is 211 g/mol. The topological polar surface area (TPSA) is 12.0 Å². The van der Waals surface area contributed by atoms with Crippen LogP contribution >= 0.6 is 0 Å². The van der Waals surface area contributed by atoms with Crippen molar-refractivity contribution in [1.29, 1.82) is 0 Å². The van der Waals surface area contributed by atoms with E-state index in [1.54, 1.807) is 0 Å². The van der Waals surface area contributed by atoms with E-state index in [1.807, 2.05) is 0 Å². The molecule has 1 N–H and O–H groups in total. The van der Waals surface area contributed by atoms with Crippen LogP contribution in [0.4, 0.5) is 0 Å². The molecule has 0 unspecified atom stereocenters. The Bertz CT molecular complexity index is 125. The third-order valence-electron chi connectivity index (χ3n) is 3.57. The molecule has 1 aliphatic carbocycles. The summed E-state index contributed by atoms with van der Waals surface area (Å²) in [7, 11) is 0. The van der Waals surface area contributed by atoms with Crippen molar-refractivity contribution in [2.75, 3.05) is 6.54 Å². The van der Waals surface area contributed by atoms with E-state index in [4.69, 9.17) is 0 Å². The van der Waals surface area contributed by atoms with Gasteiger partial charge in [-0.25, -0.2) is 0 Å². The van der Waals surface area contributed by atoms with Gasteiger partial charge in [-0.1, -0.05) is 58.3 Å². The molecule has 0 heterocycles. The SMILES string of the molecule is CCCCCCCNC1CCCCCC1. The number of unbranched alkanes of at least 4 members (excludes halogenated alkanes) is 4. The summed E-state index contributed by atoms with van der Waals surface area (Å²) in [6.45, 7) is 3.54. The van der Waals surface area contributed by atoms with E-state index >= 15 is 0 Å². The van der Waals surface area contributed by atoms with Gasteiger partial charge >= 0.3 is 0 Å². The lowest BCUT2D eigenvalue weighted by atomic mass is 10.1. The maximum atomic E-state index is 3.74. The van der Waals surface area contributed by atoms with Crippen LogP contribution in [-0.4, -0.2) is 12.6 Å². The molecule has 90 valence electrons. The maximum absolute atomic E-state index is 3.74. The Hall–Kier alpha value is -0.0400. The highest BCUT2D eigenvalue weighted by molar-refractivity contribution is 4.70. The van der Waals surface area contributed by atoms with Crippen LogP contribution in [0.1, 0.15) is 77.6 Å². The van der Waals surface area contributed by atoms with Gasteiger partial charge in [-0.15, -0.1) is 0 Å². The Morgan fingerprint density at radius 1 is 0.867 bits per heavy atom. The normalized spacial score (nSPS) is 19.0. The molecule has 0 radical (unpaired) electrons.